The summed E-state index contributed by atoms with van der Waals surface area (Å²) in [5, 5.41) is 7.14. The molecule has 1 aromatic rings. The van der Waals surface area contributed by atoms with Crippen molar-refractivity contribution >= 4 is 11.8 Å². The van der Waals surface area contributed by atoms with Crippen LogP contribution in [0.25, 0.3) is 0 Å². The van der Waals surface area contributed by atoms with Gasteiger partial charge in [0.1, 0.15) is 0 Å². The van der Waals surface area contributed by atoms with Crippen LogP contribution in [0.1, 0.15) is 29.8 Å². The van der Waals surface area contributed by atoms with E-state index in [-0.39, 0.29) is 11.8 Å². The molecule has 1 aliphatic heterocycles. The SMILES string of the molecule is Cc1nn(C)c(C)c1CCC(=O)N1CCNC(=O)CC1. The maximum atomic E-state index is 12.2. The second kappa shape index (κ2) is 6.07. The molecule has 0 unspecified atom stereocenters. The number of nitrogens with zero attached hydrogens (tertiary/aromatic N) is 3. The number of aryl methyl sites for hydroxylation is 2. The second-order valence-electron chi connectivity index (χ2n) is 5.25. The van der Waals surface area contributed by atoms with Crippen LogP contribution in [-0.4, -0.2) is 46.1 Å². The number of amides is 2. The zero-order valence-corrected chi connectivity index (χ0v) is 12.4. The molecule has 0 spiro atoms. The molecule has 110 valence electrons. The highest BCUT2D eigenvalue weighted by Gasteiger charge is 2.19. The van der Waals surface area contributed by atoms with E-state index in [1.807, 2.05) is 25.6 Å². The monoisotopic (exact) mass is 278 g/mol. The third-order valence-electron chi connectivity index (χ3n) is 3.91. The molecular weight excluding hydrogens is 256 g/mol. The van der Waals surface area contributed by atoms with Crippen LogP contribution < -0.4 is 5.32 Å². The van der Waals surface area contributed by atoms with Gasteiger partial charge < -0.3 is 10.2 Å². The maximum Gasteiger partial charge on any atom is 0.222 e. The van der Waals surface area contributed by atoms with Crippen LogP contribution in [0.5, 0.6) is 0 Å². The lowest BCUT2D eigenvalue weighted by Gasteiger charge is -2.19. The van der Waals surface area contributed by atoms with E-state index >= 15 is 0 Å². The Balaban J connectivity index is 1.93. The average Bonchev–Trinajstić information content (AvgIpc) is 2.59. The van der Waals surface area contributed by atoms with Gasteiger partial charge in [-0.3, -0.25) is 14.3 Å². The van der Waals surface area contributed by atoms with Crippen molar-refractivity contribution < 1.29 is 9.59 Å². The standard InChI is InChI=1S/C14H22N4O2/c1-10-12(11(2)17(3)16-10)4-5-14(20)18-8-6-13(19)15-7-9-18/h4-9H2,1-3H3,(H,15,19). The van der Waals surface area contributed by atoms with Crippen LogP contribution in [0.2, 0.25) is 0 Å². The first-order valence-electron chi connectivity index (χ1n) is 7.02. The van der Waals surface area contributed by atoms with Crippen molar-refractivity contribution in [2.24, 2.45) is 7.05 Å². The summed E-state index contributed by atoms with van der Waals surface area (Å²) in [6, 6.07) is 0. The minimum absolute atomic E-state index is 0.0271. The van der Waals surface area contributed by atoms with Crippen molar-refractivity contribution in [3.8, 4) is 0 Å². The molecule has 6 nitrogen and oxygen atoms in total. The minimum Gasteiger partial charge on any atom is -0.354 e. The summed E-state index contributed by atoms with van der Waals surface area (Å²) in [5.74, 6) is 0.142. The topological polar surface area (TPSA) is 67.2 Å². The molecule has 0 atom stereocenters. The highest BCUT2D eigenvalue weighted by Crippen LogP contribution is 2.15. The van der Waals surface area contributed by atoms with Crippen LogP contribution in [0.15, 0.2) is 0 Å². The highest BCUT2D eigenvalue weighted by atomic mass is 16.2. The van der Waals surface area contributed by atoms with Gasteiger partial charge in [0.25, 0.3) is 0 Å². The Morgan fingerprint density at radius 1 is 1.35 bits per heavy atom. The Kier molecular flexibility index (Phi) is 4.42. The fourth-order valence-corrected chi connectivity index (χ4v) is 2.59. The number of rotatable bonds is 3. The molecule has 0 radical (unpaired) electrons. The van der Waals surface area contributed by atoms with Crippen LogP contribution in [-0.2, 0) is 23.1 Å². The van der Waals surface area contributed by atoms with Gasteiger partial charge in [0.15, 0.2) is 0 Å². The number of hydrogen-bond donors (Lipinski definition) is 1. The smallest absolute Gasteiger partial charge is 0.222 e. The molecule has 0 bridgehead atoms. The first-order chi connectivity index (χ1) is 9.49. The Labute approximate surface area is 119 Å². The number of nitrogens with one attached hydrogen (secondary N) is 1. The van der Waals surface area contributed by atoms with Gasteiger partial charge >= 0.3 is 0 Å². The third kappa shape index (κ3) is 3.18. The van der Waals surface area contributed by atoms with E-state index in [0.29, 0.717) is 38.9 Å². The van der Waals surface area contributed by atoms with Crippen molar-refractivity contribution in [1.82, 2.24) is 20.0 Å². The Morgan fingerprint density at radius 3 is 2.75 bits per heavy atom. The fourth-order valence-electron chi connectivity index (χ4n) is 2.59. The molecule has 1 aromatic heterocycles. The summed E-state index contributed by atoms with van der Waals surface area (Å²) < 4.78 is 1.85. The summed E-state index contributed by atoms with van der Waals surface area (Å²) in [6.45, 7) is 5.68. The van der Waals surface area contributed by atoms with Gasteiger partial charge in [0, 0.05) is 45.2 Å². The summed E-state index contributed by atoms with van der Waals surface area (Å²) in [5.41, 5.74) is 3.26. The average molecular weight is 278 g/mol. The Bertz CT molecular complexity index is 521. The Hall–Kier alpha value is -1.85. The van der Waals surface area contributed by atoms with Gasteiger partial charge in [0.2, 0.25) is 11.8 Å². The maximum absolute atomic E-state index is 12.2. The van der Waals surface area contributed by atoms with E-state index in [1.54, 1.807) is 4.90 Å². The molecule has 0 aromatic carbocycles. The van der Waals surface area contributed by atoms with E-state index in [9.17, 15) is 9.59 Å². The normalized spacial score (nSPS) is 15.9. The summed E-state index contributed by atoms with van der Waals surface area (Å²) >= 11 is 0. The summed E-state index contributed by atoms with van der Waals surface area (Å²) in [4.78, 5) is 25.3. The van der Waals surface area contributed by atoms with E-state index < -0.39 is 0 Å². The zero-order chi connectivity index (χ0) is 14.7. The van der Waals surface area contributed by atoms with Crippen LogP contribution in [0.3, 0.4) is 0 Å². The van der Waals surface area contributed by atoms with E-state index in [4.69, 9.17) is 0 Å². The van der Waals surface area contributed by atoms with Gasteiger partial charge in [-0.15, -0.1) is 0 Å². The molecule has 1 aliphatic rings. The van der Waals surface area contributed by atoms with Gasteiger partial charge in [-0.1, -0.05) is 0 Å². The van der Waals surface area contributed by atoms with E-state index in [0.717, 1.165) is 17.0 Å². The summed E-state index contributed by atoms with van der Waals surface area (Å²) in [7, 11) is 1.92. The lowest BCUT2D eigenvalue weighted by Crippen LogP contribution is -2.34. The van der Waals surface area contributed by atoms with Crippen molar-refractivity contribution in [3.63, 3.8) is 0 Å². The predicted octanol–water partition coefficient (Wildman–Crippen LogP) is 0.318. The molecule has 0 saturated carbocycles. The molecular formula is C14H22N4O2. The van der Waals surface area contributed by atoms with E-state index in [2.05, 4.69) is 10.4 Å². The van der Waals surface area contributed by atoms with Gasteiger partial charge in [-0.05, 0) is 25.8 Å². The molecule has 1 saturated heterocycles. The summed E-state index contributed by atoms with van der Waals surface area (Å²) in [6.07, 6.45) is 1.58. The van der Waals surface area contributed by atoms with Crippen molar-refractivity contribution in [1.29, 1.82) is 0 Å². The number of aromatic nitrogens is 2. The first-order valence-corrected chi connectivity index (χ1v) is 7.02. The molecule has 2 rings (SSSR count). The predicted molar refractivity (Wildman–Crippen MR) is 75.2 cm³/mol. The highest BCUT2D eigenvalue weighted by molar-refractivity contribution is 5.80. The van der Waals surface area contributed by atoms with Crippen LogP contribution >= 0.6 is 0 Å². The number of carbonyl (C=O) groups is 2. The second-order valence-corrected chi connectivity index (χ2v) is 5.25. The van der Waals surface area contributed by atoms with Gasteiger partial charge in [0.05, 0.1) is 5.69 Å². The molecule has 20 heavy (non-hydrogen) atoms. The molecule has 2 heterocycles. The quantitative estimate of drug-likeness (QED) is 0.866. The molecule has 0 aliphatic carbocycles. The largest absolute Gasteiger partial charge is 0.354 e. The first kappa shape index (κ1) is 14.6. The molecule has 6 heteroatoms. The number of hydrogen-bond acceptors (Lipinski definition) is 3. The van der Waals surface area contributed by atoms with Gasteiger partial charge in [-0.25, -0.2) is 0 Å². The Morgan fingerprint density at radius 2 is 2.10 bits per heavy atom. The lowest BCUT2D eigenvalue weighted by atomic mass is 10.1. The fraction of sp³-hybridized carbons (Fsp3) is 0.643. The van der Waals surface area contributed by atoms with Crippen molar-refractivity contribution in [2.75, 3.05) is 19.6 Å². The lowest BCUT2D eigenvalue weighted by molar-refractivity contribution is -0.131. The van der Waals surface area contributed by atoms with Crippen LogP contribution in [0, 0.1) is 13.8 Å². The molecule has 1 N–H and O–H groups in total. The van der Waals surface area contributed by atoms with Crippen molar-refractivity contribution in [3.05, 3.63) is 17.0 Å². The van der Waals surface area contributed by atoms with E-state index in [1.165, 1.54) is 0 Å². The van der Waals surface area contributed by atoms with Crippen molar-refractivity contribution in [2.45, 2.75) is 33.1 Å². The zero-order valence-electron chi connectivity index (χ0n) is 12.4. The van der Waals surface area contributed by atoms with Gasteiger partial charge in [-0.2, -0.15) is 5.10 Å². The molecule has 1 fully saturated rings. The molecule has 2 amide bonds. The third-order valence-corrected chi connectivity index (χ3v) is 3.91. The minimum atomic E-state index is 0.0271. The van der Waals surface area contributed by atoms with Crippen LogP contribution in [0.4, 0.5) is 0 Å². The number of carbonyl (C=O) groups excluding carboxylic acids is 2.